The second-order valence-corrected chi connectivity index (χ2v) is 11.9. The first-order valence-electron chi connectivity index (χ1n) is 10.6. The number of hydrogen-bond acceptors (Lipinski definition) is 6. The average molecular weight is 492 g/mol. The van der Waals surface area contributed by atoms with Crippen LogP contribution in [0.25, 0.3) is 0 Å². The highest BCUT2D eigenvalue weighted by Gasteiger charge is 2.43. The Morgan fingerprint density at radius 1 is 1.16 bits per heavy atom. The molecule has 2 aliphatic rings. The quantitative estimate of drug-likeness (QED) is 0.646. The van der Waals surface area contributed by atoms with Crippen molar-refractivity contribution in [2.45, 2.75) is 60.9 Å². The van der Waals surface area contributed by atoms with Gasteiger partial charge in [0.25, 0.3) is 10.0 Å². The second kappa shape index (κ2) is 9.76. The van der Waals surface area contributed by atoms with Gasteiger partial charge in [-0.05, 0) is 42.8 Å². The van der Waals surface area contributed by atoms with E-state index in [1.807, 2.05) is 31.2 Å². The number of amidine groups is 1. The summed E-state index contributed by atoms with van der Waals surface area (Å²) in [5.74, 6) is -0.516. The molecular formula is C22H25N3O4S3. The number of rotatable bonds is 6. The number of nitrogens with zero attached hydrogens (tertiary/aromatic N) is 2. The van der Waals surface area contributed by atoms with Crippen LogP contribution in [-0.2, 0) is 19.6 Å². The smallest absolute Gasteiger partial charge is 0.294 e. The number of nitrogens with one attached hydrogen (secondary N) is 1. The molecule has 1 aromatic heterocycles. The molecule has 2 aromatic rings. The summed E-state index contributed by atoms with van der Waals surface area (Å²) >= 11 is 2.17. The Kier molecular flexibility index (Phi) is 7.02. The summed E-state index contributed by atoms with van der Waals surface area (Å²) in [6.07, 6.45) is 4.66. The van der Waals surface area contributed by atoms with Crippen molar-refractivity contribution in [3.05, 3.63) is 47.3 Å². The molecule has 10 heteroatoms. The molecule has 1 atom stereocenters. The zero-order chi connectivity index (χ0) is 22.7. The number of benzene rings is 1. The van der Waals surface area contributed by atoms with Gasteiger partial charge in [0.2, 0.25) is 11.8 Å². The number of thioether (sulfide) groups is 1. The Labute approximate surface area is 196 Å². The molecule has 1 aliphatic heterocycles. The molecule has 0 unspecified atom stereocenters. The van der Waals surface area contributed by atoms with E-state index in [1.54, 1.807) is 16.3 Å². The lowest BCUT2D eigenvalue weighted by Gasteiger charge is -2.30. The SMILES string of the molecule is Cc1ccccc1NC(=O)C[C@H]1SC(=NS(=O)(=O)c2cccs2)N(C2CCCCC2)C1=O. The first-order chi connectivity index (χ1) is 15.3. The molecule has 2 amide bonds. The summed E-state index contributed by atoms with van der Waals surface area (Å²) in [5, 5.41) is 4.02. The Morgan fingerprint density at radius 3 is 2.59 bits per heavy atom. The van der Waals surface area contributed by atoms with E-state index in [0.29, 0.717) is 5.69 Å². The van der Waals surface area contributed by atoms with Gasteiger partial charge in [-0.25, -0.2) is 0 Å². The number of anilines is 1. The van der Waals surface area contributed by atoms with Gasteiger partial charge in [-0.15, -0.1) is 15.7 Å². The molecule has 1 aliphatic carbocycles. The maximum absolute atomic E-state index is 13.3. The number of para-hydroxylation sites is 1. The van der Waals surface area contributed by atoms with E-state index < -0.39 is 15.3 Å². The van der Waals surface area contributed by atoms with E-state index in [4.69, 9.17) is 0 Å². The Balaban J connectivity index is 1.57. The van der Waals surface area contributed by atoms with Gasteiger partial charge in [-0.2, -0.15) is 8.42 Å². The molecule has 4 rings (SSSR count). The van der Waals surface area contributed by atoms with E-state index in [-0.39, 0.29) is 33.7 Å². The topological polar surface area (TPSA) is 95.9 Å². The highest BCUT2D eigenvalue weighted by molar-refractivity contribution is 8.16. The normalized spacial score (nSPS) is 21.3. The van der Waals surface area contributed by atoms with Crippen LogP contribution in [0.2, 0.25) is 0 Å². The van der Waals surface area contributed by atoms with Gasteiger partial charge in [0, 0.05) is 18.2 Å². The summed E-state index contributed by atoms with van der Waals surface area (Å²) in [6, 6.07) is 10.5. The highest BCUT2D eigenvalue weighted by atomic mass is 32.2. The van der Waals surface area contributed by atoms with Crippen LogP contribution in [0.4, 0.5) is 5.69 Å². The molecule has 2 heterocycles. The lowest BCUT2D eigenvalue weighted by molar-refractivity contribution is -0.130. The summed E-state index contributed by atoms with van der Waals surface area (Å²) in [7, 11) is -3.91. The van der Waals surface area contributed by atoms with Crippen LogP contribution in [0.1, 0.15) is 44.1 Å². The van der Waals surface area contributed by atoms with Crippen LogP contribution in [0, 0.1) is 6.92 Å². The van der Waals surface area contributed by atoms with Crippen molar-refractivity contribution in [2.24, 2.45) is 4.40 Å². The molecule has 0 bridgehead atoms. The number of carbonyl (C=O) groups is 2. The van der Waals surface area contributed by atoms with Crippen molar-refractivity contribution in [3.63, 3.8) is 0 Å². The first kappa shape index (κ1) is 23.0. The number of sulfonamides is 1. The Bertz CT molecular complexity index is 1120. The lowest BCUT2D eigenvalue weighted by atomic mass is 9.94. The third-order valence-electron chi connectivity index (χ3n) is 5.64. The number of amides is 2. The van der Waals surface area contributed by atoms with E-state index in [2.05, 4.69) is 9.71 Å². The van der Waals surface area contributed by atoms with E-state index >= 15 is 0 Å². The fourth-order valence-electron chi connectivity index (χ4n) is 3.99. The zero-order valence-electron chi connectivity index (χ0n) is 17.7. The standard InChI is InChI=1S/C22H25N3O4S3/c1-15-8-5-6-11-17(15)23-19(26)14-18-21(27)25(16-9-3-2-4-10-16)22(31-18)24-32(28,29)20-12-7-13-30-20/h5-8,11-13,16,18H,2-4,9-10,14H2,1H3,(H,23,26)/t18-/m1/s1. The van der Waals surface area contributed by atoms with Crippen LogP contribution in [0.5, 0.6) is 0 Å². The first-order valence-corrected chi connectivity index (χ1v) is 13.8. The lowest BCUT2D eigenvalue weighted by Crippen LogP contribution is -2.42. The number of aryl methyl sites for hydroxylation is 1. The molecule has 0 radical (unpaired) electrons. The minimum atomic E-state index is -3.91. The number of hydrogen-bond donors (Lipinski definition) is 1. The Hall–Kier alpha value is -2.17. The molecule has 7 nitrogen and oxygen atoms in total. The maximum Gasteiger partial charge on any atom is 0.294 e. The molecule has 0 spiro atoms. The highest BCUT2D eigenvalue weighted by Crippen LogP contribution is 2.36. The molecular weight excluding hydrogens is 466 g/mol. The van der Waals surface area contributed by atoms with Crippen molar-refractivity contribution in [3.8, 4) is 0 Å². The van der Waals surface area contributed by atoms with Crippen molar-refractivity contribution >= 4 is 55.8 Å². The van der Waals surface area contributed by atoms with Gasteiger partial charge in [0.1, 0.15) is 9.46 Å². The molecule has 1 N–H and O–H groups in total. The van der Waals surface area contributed by atoms with Gasteiger partial charge >= 0.3 is 0 Å². The summed E-state index contributed by atoms with van der Waals surface area (Å²) < 4.78 is 29.8. The predicted molar refractivity (Wildman–Crippen MR) is 128 cm³/mol. The third-order valence-corrected chi connectivity index (χ3v) is 9.55. The minimum absolute atomic E-state index is 0.0425. The monoisotopic (exact) mass is 491 g/mol. The fourth-order valence-corrected chi connectivity index (χ4v) is 7.36. The van der Waals surface area contributed by atoms with Crippen LogP contribution in [0.15, 0.2) is 50.4 Å². The third kappa shape index (κ3) is 5.07. The van der Waals surface area contributed by atoms with Crippen molar-refractivity contribution in [1.82, 2.24) is 4.90 Å². The maximum atomic E-state index is 13.3. The van der Waals surface area contributed by atoms with Crippen molar-refractivity contribution < 1.29 is 18.0 Å². The van der Waals surface area contributed by atoms with Crippen molar-refractivity contribution in [2.75, 3.05) is 5.32 Å². The van der Waals surface area contributed by atoms with Crippen molar-refractivity contribution in [1.29, 1.82) is 0 Å². The van der Waals surface area contributed by atoms with Crippen LogP contribution >= 0.6 is 23.1 Å². The number of carbonyl (C=O) groups excluding carboxylic acids is 2. The number of thiophene rings is 1. The molecule has 1 saturated heterocycles. The predicted octanol–water partition coefficient (Wildman–Crippen LogP) is 4.41. The van der Waals surface area contributed by atoms with Gasteiger partial charge in [0.05, 0.1) is 0 Å². The largest absolute Gasteiger partial charge is 0.326 e. The second-order valence-electron chi connectivity index (χ2n) is 7.95. The molecule has 1 saturated carbocycles. The fraction of sp³-hybridized carbons (Fsp3) is 0.409. The molecule has 2 fully saturated rings. The van der Waals surface area contributed by atoms with Gasteiger partial charge in [-0.3, -0.25) is 14.5 Å². The zero-order valence-corrected chi connectivity index (χ0v) is 20.1. The summed E-state index contributed by atoms with van der Waals surface area (Å²) in [5.41, 5.74) is 1.63. The molecule has 1 aromatic carbocycles. The van der Waals surface area contributed by atoms with Gasteiger partial charge < -0.3 is 5.32 Å². The summed E-state index contributed by atoms with van der Waals surface area (Å²) in [6.45, 7) is 1.90. The van der Waals surface area contributed by atoms with E-state index in [1.165, 1.54) is 6.07 Å². The minimum Gasteiger partial charge on any atom is -0.326 e. The molecule has 32 heavy (non-hydrogen) atoms. The van der Waals surface area contributed by atoms with Crippen LogP contribution in [0.3, 0.4) is 0 Å². The Morgan fingerprint density at radius 2 is 1.91 bits per heavy atom. The summed E-state index contributed by atoms with van der Waals surface area (Å²) in [4.78, 5) is 27.5. The van der Waals surface area contributed by atoms with Crippen LogP contribution in [-0.4, -0.2) is 41.6 Å². The van der Waals surface area contributed by atoms with Crippen LogP contribution < -0.4 is 5.32 Å². The van der Waals surface area contributed by atoms with Gasteiger partial charge in [0.15, 0.2) is 5.17 Å². The molecule has 170 valence electrons. The van der Waals surface area contributed by atoms with Gasteiger partial charge in [-0.1, -0.05) is 55.3 Å². The average Bonchev–Trinajstić information content (AvgIpc) is 3.40. The van der Waals surface area contributed by atoms with E-state index in [0.717, 1.165) is 60.8 Å². The van der Waals surface area contributed by atoms with E-state index in [9.17, 15) is 18.0 Å².